The Labute approximate surface area is 152 Å². The smallest absolute Gasteiger partial charge is 0.403 e. The van der Waals surface area contributed by atoms with Gasteiger partial charge in [0.15, 0.2) is 0 Å². The molecule has 0 aromatic rings. The fourth-order valence-corrected chi connectivity index (χ4v) is 4.44. The summed E-state index contributed by atoms with van der Waals surface area (Å²) in [7, 11) is -0.000671. The highest BCUT2D eigenvalue weighted by molar-refractivity contribution is 9.09. The molecule has 2 nitrogen and oxygen atoms in total. The van der Waals surface area contributed by atoms with E-state index in [4.69, 9.17) is 9.31 Å². The predicted molar refractivity (Wildman–Crippen MR) is 103 cm³/mol. The Bertz CT molecular complexity index is 337. The minimum absolute atomic E-state index is 0.000671. The van der Waals surface area contributed by atoms with E-state index in [0.29, 0.717) is 5.82 Å². The number of hydrogen-bond donors (Lipinski definition) is 0. The van der Waals surface area contributed by atoms with E-state index in [9.17, 15) is 0 Å². The van der Waals surface area contributed by atoms with E-state index in [-0.39, 0.29) is 18.3 Å². The average molecular weight is 387 g/mol. The summed E-state index contributed by atoms with van der Waals surface area (Å²) >= 11 is 3.53. The van der Waals surface area contributed by atoms with Crippen LogP contribution in [0.5, 0.6) is 0 Å². The molecular weight excluding hydrogens is 351 g/mol. The van der Waals surface area contributed by atoms with Gasteiger partial charge in [0.25, 0.3) is 0 Å². The molecule has 2 fully saturated rings. The van der Waals surface area contributed by atoms with Crippen LogP contribution in [0.25, 0.3) is 0 Å². The number of unbranched alkanes of at least 4 members (excludes halogenated alkanes) is 3. The number of hydrogen-bond acceptors (Lipinski definition) is 2. The van der Waals surface area contributed by atoms with Crippen molar-refractivity contribution in [1.29, 1.82) is 0 Å². The van der Waals surface area contributed by atoms with Crippen LogP contribution >= 0.6 is 15.9 Å². The molecule has 1 unspecified atom stereocenters. The summed E-state index contributed by atoms with van der Waals surface area (Å²) in [6.45, 7) is 8.73. The van der Waals surface area contributed by atoms with Crippen molar-refractivity contribution < 1.29 is 9.31 Å². The van der Waals surface area contributed by atoms with E-state index >= 15 is 0 Å². The Kier molecular flexibility index (Phi) is 7.50. The lowest BCUT2D eigenvalue weighted by Crippen LogP contribution is -2.41. The first kappa shape index (κ1) is 19.8. The Hall–Kier alpha value is 0.465. The third-order valence-electron chi connectivity index (χ3n) is 6.30. The first-order valence-corrected chi connectivity index (χ1v) is 10.9. The van der Waals surface area contributed by atoms with E-state index in [1.165, 1.54) is 64.2 Å². The average Bonchev–Trinajstić information content (AvgIpc) is 2.72. The molecule has 23 heavy (non-hydrogen) atoms. The molecule has 1 atom stereocenters. The monoisotopic (exact) mass is 386 g/mol. The van der Waals surface area contributed by atoms with Crippen LogP contribution < -0.4 is 0 Å². The van der Waals surface area contributed by atoms with Gasteiger partial charge in [-0.25, -0.2) is 0 Å². The van der Waals surface area contributed by atoms with Gasteiger partial charge >= 0.3 is 7.12 Å². The normalized spacial score (nSPS) is 25.7. The van der Waals surface area contributed by atoms with Crippen LogP contribution in [-0.2, 0) is 9.31 Å². The summed E-state index contributed by atoms with van der Waals surface area (Å²) in [4.78, 5) is 0. The minimum atomic E-state index is -0.194. The molecule has 0 amide bonds. The van der Waals surface area contributed by atoms with Crippen molar-refractivity contribution in [2.24, 2.45) is 5.92 Å². The zero-order valence-corrected chi connectivity index (χ0v) is 17.3. The van der Waals surface area contributed by atoms with Crippen LogP contribution in [0.3, 0.4) is 0 Å². The highest BCUT2D eigenvalue weighted by atomic mass is 79.9. The van der Waals surface area contributed by atoms with Crippen LogP contribution in [0, 0.1) is 5.92 Å². The lowest BCUT2D eigenvalue weighted by molar-refractivity contribution is 0.00578. The molecule has 0 radical (unpaired) electrons. The molecule has 0 N–H and O–H groups in total. The van der Waals surface area contributed by atoms with Crippen molar-refractivity contribution in [2.45, 2.75) is 109 Å². The molecule has 1 saturated carbocycles. The van der Waals surface area contributed by atoms with E-state index in [2.05, 4.69) is 43.6 Å². The van der Waals surface area contributed by atoms with Crippen LogP contribution in [-0.4, -0.2) is 23.7 Å². The molecule has 2 rings (SSSR count). The van der Waals surface area contributed by atoms with Gasteiger partial charge in [0.1, 0.15) is 0 Å². The van der Waals surface area contributed by atoms with Gasteiger partial charge in [0.2, 0.25) is 0 Å². The molecule has 0 aromatic heterocycles. The van der Waals surface area contributed by atoms with Crippen LogP contribution in [0.15, 0.2) is 0 Å². The zero-order valence-electron chi connectivity index (χ0n) is 15.7. The van der Waals surface area contributed by atoms with Crippen LogP contribution in [0.2, 0.25) is 5.82 Å². The van der Waals surface area contributed by atoms with Gasteiger partial charge in [0, 0.05) is 5.33 Å². The number of alkyl halides is 1. The van der Waals surface area contributed by atoms with Gasteiger partial charge in [-0.1, -0.05) is 73.7 Å². The Morgan fingerprint density at radius 1 is 0.913 bits per heavy atom. The van der Waals surface area contributed by atoms with E-state index < -0.39 is 0 Å². The molecule has 2 aliphatic rings. The topological polar surface area (TPSA) is 18.5 Å². The Morgan fingerprint density at radius 2 is 1.48 bits per heavy atom. The molecule has 0 aromatic carbocycles. The molecule has 1 aliphatic heterocycles. The predicted octanol–water partition coefficient (Wildman–Crippen LogP) is 6.37. The summed E-state index contributed by atoms with van der Waals surface area (Å²) in [5.41, 5.74) is -0.388. The quantitative estimate of drug-likeness (QED) is 0.274. The van der Waals surface area contributed by atoms with E-state index in [1.54, 1.807) is 0 Å². The lowest BCUT2D eigenvalue weighted by Gasteiger charge is -2.32. The van der Waals surface area contributed by atoms with Crippen molar-refractivity contribution in [3.63, 3.8) is 0 Å². The standard InChI is InChI=1S/C19H36BBrO2/c1-18(2)19(3,4)23-20(22-18)17(14-10-5-6-11-15-21)16-12-8-7-9-13-16/h16-17H,5-15H2,1-4H3. The molecule has 1 heterocycles. The molecule has 0 spiro atoms. The zero-order chi connectivity index (χ0) is 16.9. The number of halogens is 1. The van der Waals surface area contributed by atoms with Crippen molar-refractivity contribution in [3.05, 3.63) is 0 Å². The molecule has 1 aliphatic carbocycles. The molecule has 134 valence electrons. The molecule has 1 saturated heterocycles. The minimum Gasteiger partial charge on any atom is -0.403 e. The molecule has 0 bridgehead atoms. The summed E-state index contributed by atoms with van der Waals surface area (Å²) in [6, 6.07) is 0. The third-order valence-corrected chi connectivity index (χ3v) is 6.86. The first-order valence-electron chi connectivity index (χ1n) is 9.79. The second kappa shape index (κ2) is 8.71. The summed E-state index contributed by atoms with van der Waals surface area (Å²) in [5.74, 6) is 1.38. The Balaban J connectivity index is 1.96. The van der Waals surface area contributed by atoms with E-state index in [0.717, 1.165) is 11.2 Å². The fraction of sp³-hybridized carbons (Fsp3) is 1.00. The third kappa shape index (κ3) is 5.22. The first-order chi connectivity index (χ1) is 10.9. The van der Waals surface area contributed by atoms with Crippen molar-refractivity contribution in [3.8, 4) is 0 Å². The maximum absolute atomic E-state index is 6.43. The lowest BCUT2D eigenvalue weighted by atomic mass is 9.59. The van der Waals surface area contributed by atoms with Gasteiger partial charge in [-0.15, -0.1) is 0 Å². The molecular formula is C19H36BBrO2. The number of rotatable bonds is 8. The summed E-state index contributed by atoms with van der Waals surface area (Å²) in [5, 5.41) is 1.14. The van der Waals surface area contributed by atoms with Crippen molar-refractivity contribution in [1.82, 2.24) is 0 Å². The van der Waals surface area contributed by atoms with Gasteiger partial charge in [-0.05, 0) is 45.9 Å². The van der Waals surface area contributed by atoms with Gasteiger partial charge in [-0.3, -0.25) is 0 Å². The maximum atomic E-state index is 6.43. The largest absolute Gasteiger partial charge is 0.461 e. The van der Waals surface area contributed by atoms with E-state index in [1.807, 2.05) is 0 Å². The van der Waals surface area contributed by atoms with Crippen molar-refractivity contribution in [2.75, 3.05) is 5.33 Å². The second-order valence-corrected chi connectivity index (χ2v) is 9.37. The summed E-state index contributed by atoms with van der Waals surface area (Å²) in [6.07, 6.45) is 13.5. The van der Waals surface area contributed by atoms with Gasteiger partial charge in [-0.2, -0.15) is 0 Å². The molecule has 4 heteroatoms. The fourth-order valence-electron chi connectivity index (χ4n) is 4.05. The Morgan fingerprint density at radius 3 is 2.04 bits per heavy atom. The van der Waals surface area contributed by atoms with Gasteiger partial charge < -0.3 is 9.31 Å². The van der Waals surface area contributed by atoms with Crippen molar-refractivity contribution >= 4 is 23.0 Å². The van der Waals surface area contributed by atoms with Crippen LogP contribution in [0.1, 0.15) is 91.9 Å². The van der Waals surface area contributed by atoms with Gasteiger partial charge in [0.05, 0.1) is 11.2 Å². The highest BCUT2D eigenvalue weighted by Crippen LogP contribution is 2.46. The SMILES string of the molecule is CC1(C)OB(C(CCCCCCBr)C2CCCCC2)OC1(C)C. The maximum Gasteiger partial charge on any atom is 0.461 e. The highest BCUT2D eigenvalue weighted by Gasteiger charge is 2.54. The second-order valence-electron chi connectivity index (χ2n) is 8.58. The van der Waals surface area contributed by atoms with Crippen LogP contribution in [0.4, 0.5) is 0 Å². The summed E-state index contributed by atoms with van der Waals surface area (Å²) < 4.78 is 12.9.